The van der Waals surface area contributed by atoms with Crippen molar-refractivity contribution in [3.8, 4) is 0 Å². The Balaban J connectivity index is 2.05. The average molecular weight is 274 g/mol. The molecule has 0 spiro atoms. The highest BCUT2D eigenvalue weighted by atomic mass is 19.1. The molecule has 2 rings (SSSR count). The Kier molecular flexibility index (Phi) is 4.30. The highest BCUT2D eigenvalue weighted by Gasteiger charge is 2.14. The lowest BCUT2D eigenvalue weighted by Gasteiger charge is -2.09. The van der Waals surface area contributed by atoms with E-state index < -0.39 is 10.7 Å². The van der Waals surface area contributed by atoms with Crippen molar-refractivity contribution >= 4 is 11.4 Å². The van der Waals surface area contributed by atoms with Gasteiger partial charge in [0.05, 0.1) is 11.0 Å². The number of nitrogens with one attached hydrogen (secondary N) is 1. The van der Waals surface area contributed by atoms with Crippen molar-refractivity contribution in [3.05, 3.63) is 69.5 Å². The van der Waals surface area contributed by atoms with Gasteiger partial charge in [0, 0.05) is 6.54 Å². The Morgan fingerprint density at radius 2 is 2.00 bits per heavy atom. The molecule has 0 saturated heterocycles. The Bertz CT molecular complexity index is 629. The molecule has 0 radical (unpaired) electrons. The monoisotopic (exact) mass is 274 g/mol. The van der Waals surface area contributed by atoms with Crippen LogP contribution in [0.2, 0.25) is 0 Å². The lowest BCUT2D eigenvalue weighted by atomic mass is 10.1. The first kappa shape index (κ1) is 14.0. The number of nitro benzene ring substituents is 1. The largest absolute Gasteiger partial charge is 0.379 e. The van der Waals surface area contributed by atoms with Crippen LogP contribution in [-0.4, -0.2) is 11.5 Å². The first-order chi connectivity index (χ1) is 9.58. The highest BCUT2D eigenvalue weighted by Crippen LogP contribution is 2.24. The molecule has 0 aromatic heterocycles. The van der Waals surface area contributed by atoms with E-state index >= 15 is 0 Å². The van der Waals surface area contributed by atoms with Gasteiger partial charge in [-0.1, -0.05) is 24.3 Å². The first-order valence-corrected chi connectivity index (χ1v) is 6.30. The van der Waals surface area contributed by atoms with Crippen molar-refractivity contribution in [3.63, 3.8) is 0 Å². The summed E-state index contributed by atoms with van der Waals surface area (Å²) in [7, 11) is 0. The second-order valence-corrected chi connectivity index (χ2v) is 4.52. The van der Waals surface area contributed by atoms with Crippen LogP contribution in [-0.2, 0) is 6.42 Å². The molecule has 2 aromatic rings. The summed E-state index contributed by atoms with van der Waals surface area (Å²) < 4.78 is 13.0. The molecule has 5 heteroatoms. The van der Waals surface area contributed by atoms with E-state index in [9.17, 15) is 14.5 Å². The number of halogens is 1. The van der Waals surface area contributed by atoms with Gasteiger partial charge in [0.15, 0.2) is 0 Å². The molecular weight excluding hydrogens is 259 g/mol. The molecule has 0 bridgehead atoms. The van der Waals surface area contributed by atoms with Crippen molar-refractivity contribution in [2.75, 3.05) is 11.9 Å². The number of rotatable bonds is 5. The SMILES string of the molecule is Cc1ccccc1CCNc1ccc(F)cc1[N+](=O)[O-]. The fourth-order valence-corrected chi connectivity index (χ4v) is 2.03. The summed E-state index contributed by atoms with van der Waals surface area (Å²) in [6.45, 7) is 2.58. The van der Waals surface area contributed by atoms with Crippen molar-refractivity contribution in [2.24, 2.45) is 0 Å². The van der Waals surface area contributed by atoms with Crippen LogP contribution in [0.15, 0.2) is 42.5 Å². The fraction of sp³-hybridized carbons (Fsp3) is 0.200. The van der Waals surface area contributed by atoms with E-state index in [4.69, 9.17) is 0 Å². The molecule has 0 atom stereocenters. The Morgan fingerprint density at radius 1 is 1.25 bits per heavy atom. The van der Waals surface area contributed by atoms with Gasteiger partial charge in [-0.2, -0.15) is 0 Å². The van der Waals surface area contributed by atoms with E-state index in [1.165, 1.54) is 23.3 Å². The minimum Gasteiger partial charge on any atom is -0.379 e. The van der Waals surface area contributed by atoms with Gasteiger partial charge in [0.2, 0.25) is 0 Å². The Labute approximate surface area is 116 Å². The van der Waals surface area contributed by atoms with E-state index in [2.05, 4.69) is 5.32 Å². The summed E-state index contributed by atoms with van der Waals surface area (Å²) in [4.78, 5) is 10.3. The smallest absolute Gasteiger partial charge is 0.295 e. The standard InChI is InChI=1S/C15H15FN2O2/c1-11-4-2-3-5-12(11)8-9-17-14-7-6-13(16)10-15(14)18(19)20/h2-7,10,17H,8-9H2,1H3. The molecule has 1 N–H and O–H groups in total. The number of anilines is 1. The van der Waals surface area contributed by atoms with Crippen LogP contribution < -0.4 is 5.32 Å². The Hall–Kier alpha value is -2.43. The normalized spacial score (nSPS) is 10.3. The van der Waals surface area contributed by atoms with Crippen LogP contribution >= 0.6 is 0 Å². The van der Waals surface area contributed by atoms with E-state index in [0.717, 1.165) is 12.5 Å². The van der Waals surface area contributed by atoms with Gasteiger partial charge in [-0.15, -0.1) is 0 Å². The topological polar surface area (TPSA) is 55.2 Å². The maximum atomic E-state index is 13.0. The zero-order valence-electron chi connectivity index (χ0n) is 11.1. The van der Waals surface area contributed by atoms with Gasteiger partial charge in [0.1, 0.15) is 11.5 Å². The molecule has 0 amide bonds. The van der Waals surface area contributed by atoms with E-state index in [-0.39, 0.29) is 5.69 Å². The zero-order chi connectivity index (χ0) is 14.5. The second kappa shape index (κ2) is 6.14. The fourth-order valence-electron chi connectivity index (χ4n) is 2.03. The van der Waals surface area contributed by atoms with Crippen LogP contribution in [0, 0.1) is 22.9 Å². The third-order valence-corrected chi connectivity index (χ3v) is 3.13. The van der Waals surface area contributed by atoms with E-state index in [1.54, 1.807) is 0 Å². The molecule has 0 fully saturated rings. The van der Waals surface area contributed by atoms with Crippen LogP contribution in [0.4, 0.5) is 15.8 Å². The number of nitrogens with zero attached hydrogens (tertiary/aromatic N) is 1. The predicted molar refractivity (Wildman–Crippen MR) is 76.4 cm³/mol. The number of hydrogen-bond acceptors (Lipinski definition) is 3. The number of nitro groups is 1. The predicted octanol–water partition coefficient (Wildman–Crippen LogP) is 3.70. The van der Waals surface area contributed by atoms with Crippen LogP contribution in [0.25, 0.3) is 0 Å². The van der Waals surface area contributed by atoms with Crippen molar-refractivity contribution in [1.29, 1.82) is 0 Å². The summed E-state index contributed by atoms with van der Waals surface area (Å²) in [5.74, 6) is -0.610. The molecule has 4 nitrogen and oxygen atoms in total. The summed E-state index contributed by atoms with van der Waals surface area (Å²) >= 11 is 0. The molecule has 0 aliphatic heterocycles. The molecular formula is C15H15FN2O2. The van der Waals surface area contributed by atoms with Crippen LogP contribution in [0.5, 0.6) is 0 Å². The summed E-state index contributed by atoms with van der Waals surface area (Å²) in [6.07, 6.45) is 0.751. The third-order valence-electron chi connectivity index (χ3n) is 3.13. The maximum absolute atomic E-state index is 13.0. The van der Waals surface area contributed by atoms with Gasteiger partial charge < -0.3 is 5.32 Å². The highest BCUT2D eigenvalue weighted by molar-refractivity contribution is 5.61. The van der Waals surface area contributed by atoms with E-state index in [0.29, 0.717) is 12.2 Å². The molecule has 0 aliphatic carbocycles. The lowest BCUT2D eigenvalue weighted by molar-refractivity contribution is -0.384. The van der Waals surface area contributed by atoms with Crippen LogP contribution in [0.1, 0.15) is 11.1 Å². The van der Waals surface area contributed by atoms with Crippen molar-refractivity contribution in [2.45, 2.75) is 13.3 Å². The van der Waals surface area contributed by atoms with Gasteiger partial charge >= 0.3 is 0 Å². The molecule has 0 saturated carbocycles. The Morgan fingerprint density at radius 3 is 2.70 bits per heavy atom. The number of benzene rings is 2. The molecule has 20 heavy (non-hydrogen) atoms. The number of aryl methyl sites for hydroxylation is 1. The summed E-state index contributed by atoms with van der Waals surface area (Å²) in [5.41, 5.74) is 2.47. The molecule has 104 valence electrons. The van der Waals surface area contributed by atoms with Crippen LogP contribution in [0.3, 0.4) is 0 Å². The third kappa shape index (κ3) is 3.32. The molecule has 2 aromatic carbocycles. The lowest BCUT2D eigenvalue weighted by Crippen LogP contribution is -2.07. The van der Waals surface area contributed by atoms with Crippen molar-refractivity contribution < 1.29 is 9.31 Å². The zero-order valence-corrected chi connectivity index (χ0v) is 11.1. The maximum Gasteiger partial charge on any atom is 0.295 e. The summed E-state index contributed by atoms with van der Waals surface area (Å²) in [5, 5.41) is 13.8. The van der Waals surface area contributed by atoms with Gasteiger partial charge in [-0.05, 0) is 36.6 Å². The van der Waals surface area contributed by atoms with Gasteiger partial charge in [0.25, 0.3) is 5.69 Å². The quantitative estimate of drug-likeness (QED) is 0.668. The van der Waals surface area contributed by atoms with Crippen molar-refractivity contribution in [1.82, 2.24) is 0 Å². The molecule has 0 unspecified atom stereocenters. The minimum absolute atomic E-state index is 0.241. The van der Waals surface area contributed by atoms with E-state index in [1.807, 2.05) is 31.2 Å². The summed E-state index contributed by atoms with van der Waals surface area (Å²) in [6, 6.07) is 11.5. The number of hydrogen-bond donors (Lipinski definition) is 1. The molecule has 0 heterocycles. The first-order valence-electron chi connectivity index (χ1n) is 6.30. The minimum atomic E-state index is -0.610. The second-order valence-electron chi connectivity index (χ2n) is 4.52. The van der Waals surface area contributed by atoms with Gasteiger partial charge in [-0.25, -0.2) is 4.39 Å². The molecule has 0 aliphatic rings. The van der Waals surface area contributed by atoms with Gasteiger partial charge in [-0.3, -0.25) is 10.1 Å². The average Bonchev–Trinajstić information content (AvgIpc) is 2.42.